The van der Waals surface area contributed by atoms with Gasteiger partial charge in [-0.15, -0.1) is 0 Å². The van der Waals surface area contributed by atoms with Gasteiger partial charge in [0, 0.05) is 24.4 Å². The Morgan fingerprint density at radius 2 is 1.95 bits per heavy atom. The minimum absolute atomic E-state index is 0.186. The number of methoxy groups -OCH3 is 1. The first-order valence-electron chi connectivity index (χ1n) is 6.50. The van der Waals surface area contributed by atoms with Crippen molar-refractivity contribution >= 4 is 5.97 Å². The van der Waals surface area contributed by atoms with Crippen LogP contribution in [0, 0.1) is 0 Å². The Balaban J connectivity index is 2.22. The van der Waals surface area contributed by atoms with Crippen molar-refractivity contribution in [3.63, 3.8) is 0 Å². The topological polar surface area (TPSA) is 39.2 Å². The molecule has 3 heteroatoms. The molecule has 0 amide bonds. The van der Waals surface area contributed by atoms with Gasteiger partial charge in [0.05, 0.1) is 7.11 Å². The predicted molar refractivity (Wildman–Crippen MR) is 78.3 cm³/mol. The summed E-state index contributed by atoms with van der Waals surface area (Å²) >= 11 is 0. The van der Waals surface area contributed by atoms with Crippen LogP contribution in [0.15, 0.2) is 67.0 Å². The van der Waals surface area contributed by atoms with E-state index in [4.69, 9.17) is 0 Å². The Bertz CT molecular complexity index is 525. The molecule has 0 aliphatic heterocycles. The molecular weight excluding hydrogens is 250 g/mol. The quantitative estimate of drug-likeness (QED) is 0.616. The Labute approximate surface area is 118 Å². The van der Waals surface area contributed by atoms with E-state index >= 15 is 0 Å². The molecule has 1 atom stereocenters. The lowest BCUT2D eigenvalue weighted by molar-refractivity contribution is -0.134. The van der Waals surface area contributed by atoms with E-state index in [1.165, 1.54) is 18.7 Å². The molecule has 3 nitrogen and oxygen atoms in total. The third-order valence-corrected chi connectivity index (χ3v) is 3.12. The van der Waals surface area contributed by atoms with E-state index in [2.05, 4.69) is 27.9 Å². The summed E-state index contributed by atoms with van der Waals surface area (Å²) < 4.78 is 4.61. The molecule has 0 aliphatic carbocycles. The fourth-order valence-electron chi connectivity index (χ4n) is 2.10. The molecule has 0 bridgehead atoms. The van der Waals surface area contributed by atoms with Crippen LogP contribution in [0.3, 0.4) is 0 Å². The van der Waals surface area contributed by atoms with Crippen LogP contribution < -0.4 is 0 Å². The SMILES string of the molecule is COC(=O)/C=C/CC(c1ccccc1)c1cccnc1. The highest BCUT2D eigenvalue weighted by Crippen LogP contribution is 2.27. The number of rotatable bonds is 5. The average Bonchev–Trinajstić information content (AvgIpc) is 2.53. The second kappa shape index (κ2) is 7.24. The summed E-state index contributed by atoms with van der Waals surface area (Å²) in [6.07, 6.45) is 7.66. The van der Waals surface area contributed by atoms with Crippen molar-refractivity contribution in [2.75, 3.05) is 7.11 Å². The van der Waals surface area contributed by atoms with Crippen LogP contribution in [-0.2, 0) is 9.53 Å². The smallest absolute Gasteiger partial charge is 0.330 e. The fourth-order valence-corrected chi connectivity index (χ4v) is 2.10. The number of ether oxygens (including phenoxy) is 1. The number of benzene rings is 1. The van der Waals surface area contributed by atoms with Crippen molar-refractivity contribution < 1.29 is 9.53 Å². The third-order valence-electron chi connectivity index (χ3n) is 3.12. The molecule has 1 unspecified atom stereocenters. The molecule has 0 spiro atoms. The molecule has 0 aliphatic rings. The van der Waals surface area contributed by atoms with Gasteiger partial charge in [0.15, 0.2) is 0 Å². The Kier molecular flexibility index (Phi) is 5.07. The van der Waals surface area contributed by atoms with Crippen molar-refractivity contribution in [2.24, 2.45) is 0 Å². The summed E-state index contributed by atoms with van der Waals surface area (Å²) in [6, 6.07) is 14.2. The van der Waals surface area contributed by atoms with Gasteiger partial charge in [0.2, 0.25) is 0 Å². The predicted octanol–water partition coefficient (Wildman–Crippen LogP) is 3.33. The summed E-state index contributed by atoms with van der Waals surface area (Å²) in [5.74, 6) is -0.145. The number of pyridine rings is 1. The van der Waals surface area contributed by atoms with Crippen LogP contribution in [0.5, 0.6) is 0 Å². The van der Waals surface area contributed by atoms with Gasteiger partial charge in [-0.2, -0.15) is 0 Å². The van der Waals surface area contributed by atoms with Gasteiger partial charge in [-0.1, -0.05) is 42.5 Å². The molecule has 1 aromatic heterocycles. The molecular formula is C17H17NO2. The summed E-state index contributed by atoms with van der Waals surface area (Å²) in [6.45, 7) is 0. The van der Waals surface area contributed by atoms with Gasteiger partial charge in [0.1, 0.15) is 0 Å². The molecule has 102 valence electrons. The molecule has 1 heterocycles. The molecule has 0 N–H and O–H groups in total. The molecule has 0 saturated carbocycles. The molecule has 2 rings (SSSR count). The van der Waals surface area contributed by atoms with Gasteiger partial charge in [-0.05, 0) is 23.6 Å². The highest BCUT2D eigenvalue weighted by Gasteiger charge is 2.12. The number of carbonyl (C=O) groups excluding carboxylic acids is 1. The Morgan fingerprint density at radius 1 is 1.20 bits per heavy atom. The Hall–Kier alpha value is -2.42. The van der Waals surface area contributed by atoms with Crippen molar-refractivity contribution in [1.82, 2.24) is 4.98 Å². The lowest BCUT2D eigenvalue weighted by Gasteiger charge is -2.15. The number of aromatic nitrogens is 1. The van der Waals surface area contributed by atoms with Gasteiger partial charge >= 0.3 is 5.97 Å². The molecule has 0 saturated heterocycles. The lowest BCUT2D eigenvalue weighted by atomic mass is 9.89. The highest BCUT2D eigenvalue weighted by atomic mass is 16.5. The zero-order chi connectivity index (χ0) is 14.2. The maximum atomic E-state index is 11.1. The standard InChI is InChI=1S/C17H17NO2/c1-20-17(19)11-5-10-16(14-7-3-2-4-8-14)15-9-6-12-18-13-15/h2-9,11-13,16H,10H2,1H3/b11-5+. The van der Waals surface area contributed by atoms with Crippen LogP contribution in [0.4, 0.5) is 0 Å². The summed E-state index contributed by atoms with van der Waals surface area (Å²) in [5.41, 5.74) is 2.34. The molecule has 0 fully saturated rings. The summed E-state index contributed by atoms with van der Waals surface area (Å²) in [4.78, 5) is 15.3. The zero-order valence-electron chi connectivity index (χ0n) is 11.4. The first-order valence-corrected chi connectivity index (χ1v) is 6.50. The van der Waals surface area contributed by atoms with Gasteiger partial charge in [-0.3, -0.25) is 4.98 Å². The van der Waals surface area contributed by atoms with Gasteiger partial charge in [-0.25, -0.2) is 4.79 Å². The van der Waals surface area contributed by atoms with Crippen LogP contribution >= 0.6 is 0 Å². The number of carbonyl (C=O) groups is 1. The second-order valence-corrected chi connectivity index (χ2v) is 4.41. The van der Waals surface area contributed by atoms with E-state index in [1.807, 2.05) is 36.5 Å². The maximum Gasteiger partial charge on any atom is 0.330 e. The normalized spacial score (nSPS) is 12.2. The number of esters is 1. The lowest BCUT2D eigenvalue weighted by Crippen LogP contribution is -2.01. The van der Waals surface area contributed by atoms with Gasteiger partial charge in [0.25, 0.3) is 0 Å². The van der Waals surface area contributed by atoms with Crippen molar-refractivity contribution in [3.05, 3.63) is 78.1 Å². The van der Waals surface area contributed by atoms with Crippen LogP contribution in [0.2, 0.25) is 0 Å². The van der Waals surface area contributed by atoms with Crippen molar-refractivity contribution in [1.29, 1.82) is 0 Å². The molecule has 0 radical (unpaired) electrons. The van der Waals surface area contributed by atoms with Gasteiger partial charge < -0.3 is 4.74 Å². The van der Waals surface area contributed by atoms with E-state index in [1.54, 1.807) is 6.20 Å². The third kappa shape index (κ3) is 3.79. The average molecular weight is 267 g/mol. The monoisotopic (exact) mass is 267 g/mol. The molecule has 2 aromatic rings. The van der Waals surface area contributed by atoms with E-state index in [-0.39, 0.29) is 11.9 Å². The number of nitrogens with zero attached hydrogens (tertiary/aromatic N) is 1. The first kappa shape index (κ1) is 14.0. The minimum atomic E-state index is -0.331. The Morgan fingerprint density at radius 3 is 2.60 bits per heavy atom. The number of hydrogen-bond acceptors (Lipinski definition) is 3. The second-order valence-electron chi connectivity index (χ2n) is 4.41. The maximum absolute atomic E-state index is 11.1. The van der Waals surface area contributed by atoms with Crippen LogP contribution in [0.1, 0.15) is 23.5 Å². The van der Waals surface area contributed by atoms with Crippen LogP contribution in [0.25, 0.3) is 0 Å². The fraction of sp³-hybridized carbons (Fsp3) is 0.176. The summed E-state index contributed by atoms with van der Waals surface area (Å²) in [7, 11) is 1.38. The van der Waals surface area contributed by atoms with Crippen LogP contribution in [-0.4, -0.2) is 18.1 Å². The van der Waals surface area contributed by atoms with E-state index in [0.717, 1.165) is 12.0 Å². The molecule has 20 heavy (non-hydrogen) atoms. The minimum Gasteiger partial charge on any atom is -0.466 e. The van der Waals surface area contributed by atoms with E-state index < -0.39 is 0 Å². The number of hydrogen-bond donors (Lipinski definition) is 0. The number of allylic oxidation sites excluding steroid dienone is 1. The van der Waals surface area contributed by atoms with E-state index in [9.17, 15) is 4.79 Å². The summed E-state index contributed by atoms with van der Waals surface area (Å²) in [5, 5.41) is 0. The highest BCUT2D eigenvalue weighted by molar-refractivity contribution is 5.81. The largest absolute Gasteiger partial charge is 0.466 e. The molecule has 1 aromatic carbocycles. The first-order chi connectivity index (χ1) is 9.81. The van der Waals surface area contributed by atoms with Crippen molar-refractivity contribution in [3.8, 4) is 0 Å². The van der Waals surface area contributed by atoms with E-state index in [0.29, 0.717) is 0 Å². The zero-order valence-corrected chi connectivity index (χ0v) is 11.4. The van der Waals surface area contributed by atoms with Crippen molar-refractivity contribution in [2.45, 2.75) is 12.3 Å².